The molecule has 0 radical (unpaired) electrons. The van der Waals surface area contributed by atoms with E-state index in [1.807, 2.05) is 44.2 Å². The van der Waals surface area contributed by atoms with Gasteiger partial charge in [0.2, 0.25) is 0 Å². The first kappa shape index (κ1) is 34.6. The van der Waals surface area contributed by atoms with Gasteiger partial charge < -0.3 is 49.2 Å². The summed E-state index contributed by atoms with van der Waals surface area (Å²) in [5, 5.41) is 62.3. The third-order valence-corrected chi connectivity index (χ3v) is 13.6. The van der Waals surface area contributed by atoms with E-state index in [1.54, 1.807) is 37.3 Å². The van der Waals surface area contributed by atoms with Crippen molar-refractivity contribution in [3.05, 3.63) is 72.4 Å². The summed E-state index contributed by atoms with van der Waals surface area (Å²) in [6, 6.07) is 9.10. The van der Waals surface area contributed by atoms with Gasteiger partial charge >= 0.3 is 11.9 Å². The minimum atomic E-state index is -2.15. The van der Waals surface area contributed by atoms with Crippen molar-refractivity contribution in [1.82, 2.24) is 0 Å². The zero-order valence-electron chi connectivity index (χ0n) is 29.1. The molecule has 3 aliphatic carbocycles. The zero-order valence-corrected chi connectivity index (χ0v) is 29.1. The average Bonchev–Trinajstić information content (AvgIpc) is 3.78. The van der Waals surface area contributed by atoms with Crippen LogP contribution in [0.3, 0.4) is 0 Å². The van der Waals surface area contributed by atoms with Crippen LogP contribution in [0.4, 0.5) is 0 Å². The van der Waals surface area contributed by atoms with Crippen molar-refractivity contribution in [2.45, 2.75) is 124 Å². The van der Waals surface area contributed by atoms with Crippen molar-refractivity contribution in [2.24, 2.45) is 29.6 Å². The van der Waals surface area contributed by atoms with E-state index in [1.165, 1.54) is 6.08 Å². The highest BCUT2D eigenvalue weighted by molar-refractivity contribution is 5.82. The van der Waals surface area contributed by atoms with Crippen LogP contribution in [-0.4, -0.2) is 96.6 Å². The van der Waals surface area contributed by atoms with Gasteiger partial charge in [-0.2, -0.15) is 0 Å². The molecular weight excluding hydrogens is 644 g/mol. The minimum absolute atomic E-state index is 0.0369. The molecule has 5 aliphatic heterocycles. The van der Waals surface area contributed by atoms with Gasteiger partial charge in [-0.25, -0.2) is 4.79 Å². The molecule has 11 heteroatoms. The van der Waals surface area contributed by atoms with Crippen LogP contribution in [0, 0.1) is 29.6 Å². The lowest BCUT2D eigenvalue weighted by molar-refractivity contribution is -0.595. The van der Waals surface area contributed by atoms with Gasteiger partial charge in [0.1, 0.15) is 47.3 Å². The van der Waals surface area contributed by atoms with Gasteiger partial charge in [0.25, 0.3) is 0 Å². The van der Waals surface area contributed by atoms with Crippen LogP contribution in [0.1, 0.15) is 65.4 Å². The molecule has 8 bridgehead atoms. The third-order valence-electron chi connectivity index (χ3n) is 13.6. The topological polar surface area (TPSA) is 168 Å². The first-order valence-corrected chi connectivity index (χ1v) is 18.2. The Morgan fingerprint density at radius 2 is 1.64 bits per heavy atom. The maximum atomic E-state index is 13.3. The van der Waals surface area contributed by atoms with Crippen LogP contribution < -0.4 is 0 Å². The molecule has 50 heavy (non-hydrogen) atoms. The number of allylic oxidation sites excluding steroid dienone is 5. The number of carbonyl (C=O) groups is 1. The van der Waals surface area contributed by atoms with Crippen molar-refractivity contribution in [3.8, 4) is 0 Å². The van der Waals surface area contributed by atoms with E-state index in [4.69, 9.17) is 23.7 Å². The molecule has 1 aromatic rings. The van der Waals surface area contributed by atoms with E-state index >= 15 is 0 Å². The number of hydrogen-bond acceptors (Lipinski definition) is 11. The summed E-state index contributed by atoms with van der Waals surface area (Å²) >= 11 is 0. The molecule has 16 atom stereocenters. The van der Waals surface area contributed by atoms with Crippen LogP contribution in [-0.2, 0) is 34.5 Å². The number of fused-ring (bicyclic) bond motifs is 1. The van der Waals surface area contributed by atoms with Crippen LogP contribution in [0.2, 0.25) is 0 Å². The molecule has 11 nitrogen and oxygen atoms in total. The molecule has 1 aromatic carbocycles. The highest BCUT2D eigenvalue weighted by Crippen LogP contribution is 2.74. The second kappa shape index (κ2) is 11.5. The average molecular weight is 695 g/mol. The van der Waals surface area contributed by atoms with E-state index in [0.717, 1.165) is 19.3 Å². The largest absolute Gasteiger partial charge is 0.456 e. The third kappa shape index (κ3) is 4.33. The lowest BCUT2D eigenvalue weighted by atomic mass is 9.49. The molecule has 0 aromatic heterocycles. The molecule has 272 valence electrons. The Morgan fingerprint density at radius 1 is 0.920 bits per heavy atom. The molecule has 9 rings (SSSR count). The maximum Gasteiger partial charge on any atom is 0.331 e. The zero-order chi connectivity index (χ0) is 35.5. The lowest BCUT2D eigenvalue weighted by Gasteiger charge is -2.74. The predicted molar refractivity (Wildman–Crippen MR) is 178 cm³/mol. The Balaban J connectivity index is 1.37. The molecule has 5 heterocycles. The Morgan fingerprint density at radius 3 is 2.36 bits per heavy atom. The molecule has 3 saturated carbocycles. The maximum absolute atomic E-state index is 13.3. The summed E-state index contributed by atoms with van der Waals surface area (Å²) in [7, 11) is 0. The molecular formula is C39H50O11. The predicted octanol–water partition coefficient (Wildman–Crippen LogP) is 2.78. The van der Waals surface area contributed by atoms with E-state index < -0.39 is 101 Å². The van der Waals surface area contributed by atoms with Crippen molar-refractivity contribution in [1.29, 1.82) is 0 Å². The van der Waals surface area contributed by atoms with Crippen molar-refractivity contribution in [2.75, 3.05) is 6.61 Å². The van der Waals surface area contributed by atoms with Gasteiger partial charge in [0, 0.05) is 29.4 Å². The first-order valence-electron chi connectivity index (χ1n) is 18.2. The molecule has 1 spiro atoms. The normalized spacial score (nSPS) is 55.6. The Labute approximate surface area is 292 Å². The molecule has 7 fully saturated rings. The smallest absolute Gasteiger partial charge is 0.331 e. The number of rotatable bonds is 3. The molecule has 0 unspecified atom stereocenters. The highest BCUT2D eigenvalue weighted by atomic mass is 16.9. The van der Waals surface area contributed by atoms with Gasteiger partial charge in [-0.05, 0) is 44.4 Å². The standard InChI is InChI=1S/C39H50O11/c1-5-24-15-11-8-6-7-9-14-18-27(41)46-29-22(2)19-26-36(29,44)33(42)35(21-40)31(47-35)28-32-38(45,34(4,43)20-24)30-23(3)37(26,28)50-39(48-30,49-32)25-16-12-10-13-17-25/h6-10,12-14,16-18,22-24,26,28-33,40,42-45H,5,11,15,19-21H2,1-4H3/b8-6-,9-7-,18-14-/t22-,23+,24-,26+,28-,29-,30-,31-,32+,33+,34+,35-,36+,37-,38-,39-/m0/s1. The number of hydrogen-bond donors (Lipinski definition) is 5. The van der Waals surface area contributed by atoms with Gasteiger partial charge in [0.05, 0.1) is 17.8 Å². The summed E-state index contributed by atoms with van der Waals surface area (Å²) in [5.74, 6) is -5.43. The SMILES string of the molecule is CC[C@H]1CC\C=C/C=C\C=C/C(=O)O[C@H]2[C@@H](C)C[C@@H]3[C@]2(O)[C@H](O)[C@@]2(CO)O[C@H]2[C@H]2[C@H]4O[C@]5(c6ccccc6)O[C@@H]([C@@H](C)[C@@]23O5)[C@@]4(O)[C@](C)(O)C1. The number of epoxide rings is 1. The van der Waals surface area contributed by atoms with Gasteiger partial charge in [0.15, 0.2) is 0 Å². The molecule has 8 aliphatic rings. The van der Waals surface area contributed by atoms with Gasteiger partial charge in [-0.3, -0.25) is 0 Å². The van der Waals surface area contributed by atoms with Crippen LogP contribution >= 0.6 is 0 Å². The van der Waals surface area contributed by atoms with E-state index in [-0.39, 0.29) is 18.8 Å². The molecule has 4 saturated heterocycles. The number of aliphatic hydroxyl groups is 5. The second-order valence-electron chi connectivity index (χ2n) is 16.2. The van der Waals surface area contributed by atoms with Crippen LogP contribution in [0.15, 0.2) is 66.8 Å². The van der Waals surface area contributed by atoms with Crippen LogP contribution in [0.25, 0.3) is 0 Å². The minimum Gasteiger partial charge on any atom is -0.456 e. The van der Waals surface area contributed by atoms with E-state index in [0.29, 0.717) is 5.56 Å². The number of esters is 1. The first-order chi connectivity index (χ1) is 23.8. The number of carbonyl (C=O) groups excluding carboxylic acids is 1. The summed E-state index contributed by atoms with van der Waals surface area (Å²) in [5.41, 5.74) is -8.45. The van der Waals surface area contributed by atoms with Crippen LogP contribution in [0.5, 0.6) is 0 Å². The lowest BCUT2D eigenvalue weighted by Crippen LogP contribution is -2.89. The second-order valence-corrected chi connectivity index (χ2v) is 16.2. The molecule has 5 N–H and O–H groups in total. The quantitative estimate of drug-likeness (QED) is 0.233. The summed E-state index contributed by atoms with van der Waals surface area (Å²) in [4.78, 5) is 13.3. The van der Waals surface area contributed by atoms with E-state index in [2.05, 4.69) is 6.92 Å². The van der Waals surface area contributed by atoms with Crippen molar-refractivity contribution >= 4 is 5.97 Å². The monoisotopic (exact) mass is 694 g/mol. The Hall–Kier alpha value is -2.45. The summed E-state index contributed by atoms with van der Waals surface area (Å²) < 4.78 is 33.1. The summed E-state index contributed by atoms with van der Waals surface area (Å²) in [6.45, 7) is 6.77. The number of aliphatic hydroxyl groups excluding tert-OH is 2. The number of benzene rings is 1. The fraction of sp³-hybridized carbons (Fsp3) is 0.667. The fourth-order valence-electron chi connectivity index (χ4n) is 11.2. The van der Waals surface area contributed by atoms with Crippen molar-refractivity contribution < 1.29 is 54.0 Å². The van der Waals surface area contributed by atoms with Gasteiger partial charge in [-0.15, -0.1) is 0 Å². The molecule has 0 amide bonds. The van der Waals surface area contributed by atoms with E-state index in [9.17, 15) is 30.3 Å². The van der Waals surface area contributed by atoms with Gasteiger partial charge in [-0.1, -0.05) is 87.9 Å². The van der Waals surface area contributed by atoms with Crippen molar-refractivity contribution in [3.63, 3.8) is 0 Å². The number of ether oxygens (including phenoxy) is 5. The Kier molecular flexibility index (Phi) is 7.98. The Bertz CT molecular complexity index is 1590. The summed E-state index contributed by atoms with van der Waals surface area (Å²) in [6.07, 6.45) is 6.95. The fourth-order valence-corrected chi connectivity index (χ4v) is 11.2. The highest BCUT2D eigenvalue weighted by Gasteiger charge is 2.91.